The Labute approximate surface area is 199 Å². The van der Waals surface area contributed by atoms with E-state index in [-0.39, 0.29) is 5.91 Å². The van der Waals surface area contributed by atoms with Crippen LogP contribution in [0.15, 0.2) is 53.9 Å². The molecule has 0 atom stereocenters. The fourth-order valence-electron chi connectivity index (χ4n) is 3.47. The highest BCUT2D eigenvalue weighted by Gasteiger charge is 2.15. The Balaban J connectivity index is 1.57. The highest BCUT2D eigenvalue weighted by molar-refractivity contribution is 7.14. The molecule has 8 heteroatoms. The number of aryl methyl sites for hydroxylation is 1. The molecule has 0 fully saturated rings. The van der Waals surface area contributed by atoms with Crippen LogP contribution in [0.2, 0.25) is 0 Å². The quantitative estimate of drug-likeness (QED) is 0.401. The van der Waals surface area contributed by atoms with Gasteiger partial charge in [-0.05, 0) is 37.1 Å². The molecular weight excluding hydrogens is 438 g/mol. The number of benzene rings is 2. The summed E-state index contributed by atoms with van der Waals surface area (Å²) < 4.78 is 15.9. The summed E-state index contributed by atoms with van der Waals surface area (Å²) in [5.41, 5.74) is 2.89. The first-order valence-corrected chi connectivity index (χ1v) is 11.7. The lowest BCUT2D eigenvalue weighted by Crippen LogP contribution is -2.36. The summed E-state index contributed by atoms with van der Waals surface area (Å²) in [6.07, 6.45) is 1.95. The number of ether oxygens (including phenoxy) is 3. The molecule has 1 N–H and O–H groups in total. The molecule has 0 aliphatic heterocycles. The van der Waals surface area contributed by atoms with Gasteiger partial charge in [0.25, 0.3) is 0 Å². The first-order valence-electron chi connectivity index (χ1n) is 10.9. The van der Waals surface area contributed by atoms with Crippen LogP contribution in [-0.4, -0.2) is 63.4 Å². The van der Waals surface area contributed by atoms with E-state index in [4.69, 9.17) is 14.2 Å². The van der Waals surface area contributed by atoms with Gasteiger partial charge in [-0.25, -0.2) is 4.98 Å². The lowest BCUT2D eigenvalue weighted by Gasteiger charge is -2.21. The summed E-state index contributed by atoms with van der Waals surface area (Å²) in [4.78, 5) is 19.4. The Morgan fingerprint density at radius 3 is 2.61 bits per heavy atom. The number of anilines is 1. The van der Waals surface area contributed by atoms with Gasteiger partial charge in [-0.15, -0.1) is 11.3 Å². The highest BCUT2D eigenvalue weighted by atomic mass is 32.1. The molecule has 0 radical (unpaired) electrons. The third-order valence-electron chi connectivity index (χ3n) is 5.20. The number of nitrogens with one attached hydrogen (secondary N) is 1. The molecule has 0 unspecified atom stereocenters. The third kappa shape index (κ3) is 7.56. The van der Waals surface area contributed by atoms with Crippen LogP contribution in [0.5, 0.6) is 11.5 Å². The van der Waals surface area contributed by atoms with Crippen LogP contribution in [0.25, 0.3) is 11.3 Å². The largest absolute Gasteiger partial charge is 0.497 e. The van der Waals surface area contributed by atoms with Gasteiger partial charge in [0.1, 0.15) is 11.5 Å². The van der Waals surface area contributed by atoms with E-state index in [0.717, 1.165) is 30.6 Å². The van der Waals surface area contributed by atoms with Crippen molar-refractivity contribution < 1.29 is 19.0 Å². The maximum atomic E-state index is 12.7. The van der Waals surface area contributed by atoms with Gasteiger partial charge in [0, 0.05) is 30.7 Å². The maximum Gasteiger partial charge on any atom is 0.240 e. The molecule has 0 spiro atoms. The maximum absolute atomic E-state index is 12.7. The molecule has 0 bridgehead atoms. The van der Waals surface area contributed by atoms with Crippen LogP contribution in [0, 0.1) is 0 Å². The lowest BCUT2D eigenvalue weighted by molar-refractivity contribution is -0.117. The molecule has 33 heavy (non-hydrogen) atoms. The van der Waals surface area contributed by atoms with Crippen LogP contribution >= 0.6 is 11.3 Å². The molecule has 0 aliphatic carbocycles. The second-order valence-electron chi connectivity index (χ2n) is 7.51. The summed E-state index contributed by atoms with van der Waals surface area (Å²) in [7, 11) is 4.90. The molecule has 0 saturated carbocycles. The third-order valence-corrected chi connectivity index (χ3v) is 5.95. The predicted molar refractivity (Wildman–Crippen MR) is 132 cm³/mol. The number of amides is 1. The fraction of sp³-hybridized carbons (Fsp3) is 0.360. The average Bonchev–Trinajstić information content (AvgIpc) is 3.30. The van der Waals surface area contributed by atoms with Gasteiger partial charge in [0.15, 0.2) is 5.13 Å². The van der Waals surface area contributed by atoms with Crippen molar-refractivity contribution >= 4 is 22.4 Å². The van der Waals surface area contributed by atoms with Crippen LogP contribution in [0.4, 0.5) is 5.13 Å². The van der Waals surface area contributed by atoms with E-state index in [1.165, 1.54) is 16.9 Å². The number of carbonyl (C=O) groups excluding carboxylic acids is 1. The summed E-state index contributed by atoms with van der Waals surface area (Å²) >= 11 is 1.39. The summed E-state index contributed by atoms with van der Waals surface area (Å²) in [6.45, 7) is 2.39. The number of carbonyl (C=O) groups is 1. The first kappa shape index (κ1) is 24.7. The molecule has 3 aromatic rings. The van der Waals surface area contributed by atoms with Gasteiger partial charge in [-0.1, -0.05) is 30.3 Å². The normalized spacial score (nSPS) is 10.9. The molecule has 1 heterocycles. The van der Waals surface area contributed by atoms with E-state index in [1.54, 1.807) is 21.3 Å². The predicted octanol–water partition coefficient (Wildman–Crippen LogP) is 4.35. The Morgan fingerprint density at radius 2 is 1.88 bits per heavy atom. The Hall–Kier alpha value is -2.94. The number of aromatic nitrogens is 1. The SMILES string of the molecule is COCCN(CCCc1ccccc1)CC(=O)Nc1nc(-c2ccc(OC)cc2OC)cs1. The Kier molecular flexibility index (Phi) is 9.68. The van der Waals surface area contributed by atoms with Crippen LogP contribution in [0.3, 0.4) is 0 Å². The Morgan fingerprint density at radius 1 is 1.06 bits per heavy atom. The van der Waals surface area contributed by atoms with Crippen molar-refractivity contribution in [2.24, 2.45) is 0 Å². The summed E-state index contributed by atoms with van der Waals surface area (Å²) in [5, 5.41) is 5.39. The van der Waals surface area contributed by atoms with Gasteiger partial charge in [-0.3, -0.25) is 9.69 Å². The molecule has 176 valence electrons. The van der Waals surface area contributed by atoms with E-state index in [0.29, 0.717) is 36.3 Å². The zero-order valence-electron chi connectivity index (χ0n) is 19.4. The van der Waals surface area contributed by atoms with Gasteiger partial charge < -0.3 is 19.5 Å². The fourth-order valence-corrected chi connectivity index (χ4v) is 4.20. The van der Waals surface area contributed by atoms with Crippen molar-refractivity contribution in [3.63, 3.8) is 0 Å². The molecule has 3 rings (SSSR count). The number of rotatable bonds is 13. The monoisotopic (exact) mass is 469 g/mol. The van der Waals surface area contributed by atoms with E-state index in [1.807, 2.05) is 29.6 Å². The van der Waals surface area contributed by atoms with E-state index < -0.39 is 0 Å². The standard InChI is InChI=1S/C25H31N3O4S/c1-30-15-14-28(13-7-10-19-8-5-4-6-9-19)17-24(29)27-25-26-22(18-33-25)21-12-11-20(31-2)16-23(21)32-3/h4-6,8-9,11-12,16,18H,7,10,13-15,17H2,1-3H3,(H,26,27,29). The number of hydrogen-bond donors (Lipinski definition) is 1. The topological polar surface area (TPSA) is 72.9 Å². The van der Waals surface area contributed by atoms with Crippen molar-refractivity contribution in [1.29, 1.82) is 0 Å². The second-order valence-corrected chi connectivity index (χ2v) is 8.37. The number of hydrogen-bond acceptors (Lipinski definition) is 7. The van der Waals surface area contributed by atoms with Gasteiger partial charge in [0.05, 0.1) is 33.1 Å². The second kappa shape index (κ2) is 12.9. The molecule has 2 aromatic carbocycles. The van der Waals surface area contributed by atoms with Crippen LogP contribution in [0.1, 0.15) is 12.0 Å². The van der Waals surface area contributed by atoms with Crippen molar-refractivity contribution in [3.05, 3.63) is 59.5 Å². The van der Waals surface area contributed by atoms with Crippen molar-refractivity contribution in [3.8, 4) is 22.8 Å². The summed E-state index contributed by atoms with van der Waals surface area (Å²) in [5.74, 6) is 1.29. The van der Waals surface area contributed by atoms with Crippen molar-refractivity contribution in [2.75, 3.05) is 52.9 Å². The minimum atomic E-state index is -0.0894. The highest BCUT2D eigenvalue weighted by Crippen LogP contribution is 2.34. The number of nitrogens with zero attached hydrogens (tertiary/aromatic N) is 2. The summed E-state index contributed by atoms with van der Waals surface area (Å²) in [6, 6.07) is 16.0. The number of methoxy groups -OCH3 is 3. The molecular formula is C25H31N3O4S. The average molecular weight is 470 g/mol. The smallest absolute Gasteiger partial charge is 0.240 e. The molecule has 0 saturated heterocycles. The van der Waals surface area contributed by atoms with E-state index in [2.05, 4.69) is 39.5 Å². The minimum absolute atomic E-state index is 0.0894. The molecule has 1 amide bonds. The van der Waals surface area contributed by atoms with Crippen LogP contribution in [-0.2, 0) is 16.0 Å². The minimum Gasteiger partial charge on any atom is -0.497 e. The zero-order valence-corrected chi connectivity index (χ0v) is 20.2. The first-order chi connectivity index (χ1) is 16.1. The molecule has 1 aromatic heterocycles. The Bertz CT molecular complexity index is 1010. The van der Waals surface area contributed by atoms with E-state index in [9.17, 15) is 4.79 Å². The number of thiazole rings is 1. The van der Waals surface area contributed by atoms with Gasteiger partial charge >= 0.3 is 0 Å². The lowest BCUT2D eigenvalue weighted by atomic mass is 10.1. The van der Waals surface area contributed by atoms with E-state index >= 15 is 0 Å². The van der Waals surface area contributed by atoms with Crippen molar-refractivity contribution in [1.82, 2.24) is 9.88 Å². The van der Waals surface area contributed by atoms with Gasteiger partial charge in [0.2, 0.25) is 5.91 Å². The van der Waals surface area contributed by atoms with Gasteiger partial charge in [-0.2, -0.15) is 0 Å². The molecule has 0 aliphatic rings. The van der Waals surface area contributed by atoms with Crippen LogP contribution < -0.4 is 14.8 Å². The molecule has 7 nitrogen and oxygen atoms in total. The van der Waals surface area contributed by atoms with Crippen molar-refractivity contribution in [2.45, 2.75) is 12.8 Å². The zero-order chi connectivity index (χ0) is 23.5.